The predicted octanol–water partition coefficient (Wildman–Crippen LogP) is 13.2. The molecule has 0 unspecified atom stereocenters. The van der Waals surface area contributed by atoms with Crippen LogP contribution in [0, 0.1) is 12.1 Å². The van der Waals surface area contributed by atoms with Crippen LogP contribution in [0.4, 0.5) is 0 Å². The molecule has 0 aliphatic rings. The average molecular weight is 1080 g/mol. The number of furan rings is 1. The first-order chi connectivity index (χ1) is 31.3. The smallest absolute Gasteiger partial charge is 0 e. The summed E-state index contributed by atoms with van der Waals surface area (Å²) in [5.74, 6) is 7.97. The van der Waals surface area contributed by atoms with Crippen molar-refractivity contribution < 1.29 is 27.3 Å². The van der Waals surface area contributed by atoms with Crippen molar-refractivity contribution in [1.29, 1.82) is 0 Å². The van der Waals surface area contributed by atoms with E-state index in [2.05, 4.69) is 130 Å². The summed E-state index contributed by atoms with van der Waals surface area (Å²) in [4.78, 5) is 14.2. The minimum Gasteiger partial charge on any atom is 0 e. The summed E-state index contributed by atoms with van der Waals surface area (Å²) in [6.07, 6.45) is 1.79. The number of benzene rings is 6. The van der Waals surface area contributed by atoms with Crippen LogP contribution in [0.15, 0.2) is 156 Å². The van der Waals surface area contributed by atoms with Gasteiger partial charge >= 0.3 is 144 Å². The van der Waals surface area contributed by atoms with E-state index in [0.717, 1.165) is 54.4 Å². The van der Waals surface area contributed by atoms with Crippen LogP contribution in [0.1, 0.15) is 64.5 Å². The Hall–Kier alpha value is -6.06. The summed E-state index contributed by atoms with van der Waals surface area (Å²) in [5, 5.41) is 10.8. The molecule has 0 saturated heterocycles. The average Bonchev–Trinajstić information content (AvgIpc) is 3.90. The first-order valence-corrected chi connectivity index (χ1v) is 28.8. The van der Waals surface area contributed by atoms with Gasteiger partial charge in [-0.2, -0.15) is 0 Å². The third-order valence-electron chi connectivity index (χ3n) is 11.3. The number of hydrogen-bond donors (Lipinski definition) is 0. The van der Waals surface area contributed by atoms with Crippen molar-refractivity contribution in [3.8, 4) is 39.5 Å². The fourth-order valence-electron chi connectivity index (χ4n) is 8.12. The Kier molecular flexibility index (Phi) is 12.4. The molecule has 1 radical (unpaired) electrons. The molecule has 9 heteroatoms. The maximum Gasteiger partial charge on any atom is 0 e. The van der Waals surface area contributed by atoms with Crippen LogP contribution < -0.4 is 4.40 Å². The Balaban J connectivity index is 0.000000197. The Bertz CT molecular complexity index is 3270. The number of pyridine rings is 1. The van der Waals surface area contributed by atoms with Crippen LogP contribution in [0.2, 0.25) is 17.3 Å². The zero-order valence-electron chi connectivity index (χ0n) is 39.0. The molecule has 7 nitrogen and oxygen atoms in total. The maximum absolute atomic E-state index is 8.85. The van der Waals surface area contributed by atoms with Gasteiger partial charge in [0, 0.05) is 31.2 Å². The zero-order chi connectivity index (χ0) is 45.5. The standard InChI is InChI=1S/C34H28N5O.C21H22GeN.Ir/c1-20(2)27-17-23(22-11-6-5-7-12-22)18-28(21(3)4)30(27)39-33(37-32-34(39)38-36-19-35-32)26-15-10-14-25-24-13-8-9-16-29(24)40-31(25)26;1-22(2,3)20-16-23-21(18-12-8-5-9-13-18)15-19(20)14-17-10-6-4-7-11-17;/h5-14,16-21H,1-4H3;4-12,15-16H,14H2,1-3H3;/q2*-1;/i;14D2;. The van der Waals surface area contributed by atoms with Crippen molar-refractivity contribution in [2.24, 2.45) is 0 Å². The molecule has 0 amide bonds. The Morgan fingerprint density at radius 3 is 2.09 bits per heavy atom. The molecule has 321 valence electrons. The fraction of sp³-hybridized carbons (Fsp3) is 0.182. The molecule has 6 aromatic carbocycles. The summed E-state index contributed by atoms with van der Waals surface area (Å²) in [7, 11) is 0. The number of fused-ring (bicyclic) bond motifs is 4. The van der Waals surface area contributed by atoms with Crippen LogP contribution in [0.3, 0.4) is 0 Å². The summed E-state index contributed by atoms with van der Waals surface area (Å²) in [6, 6.07) is 52.9. The molecular formula is C55H50GeIrN6O-2. The van der Waals surface area contributed by atoms with Gasteiger partial charge in [-0.3, -0.25) is 4.98 Å². The number of rotatable bonds is 9. The second kappa shape index (κ2) is 19.0. The Labute approximate surface area is 394 Å². The number of hydrogen-bond acceptors (Lipinski definition) is 6. The summed E-state index contributed by atoms with van der Waals surface area (Å²) >= 11 is -2.30. The van der Waals surface area contributed by atoms with E-state index in [9.17, 15) is 0 Å². The summed E-state index contributed by atoms with van der Waals surface area (Å²) in [6.45, 7) is 8.91. The van der Waals surface area contributed by atoms with E-state index in [1.165, 1.54) is 28.6 Å². The van der Waals surface area contributed by atoms with Gasteiger partial charge in [0.15, 0.2) is 11.3 Å². The van der Waals surface area contributed by atoms with Crippen molar-refractivity contribution >= 4 is 50.9 Å². The van der Waals surface area contributed by atoms with Gasteiger partial charge in [-0.15, -0.1) is 28.4 Å². The molecule has 0 aliphatic carbocycles. The van der Waals surface area contributed by atoms with E-state index in [1.807, 2.05) is 97.2 Å². The molecule has 0 aliphatic heterocycles. The largest absolute Gasteiger partial charge is 0 e. The molecular weight excluding hydrogens is 1030 g/mol. The molecule has 0 saturated carbocycles. The van der Waals surface area contributed by atoms with Crippen LogP contribution in [0.5, 0.6) is 0 Å². The molecule has 0 N–H and O–H groups in total. The van der Waals surface area contributed by atoms with E-state index in [1.54, 1.807) is 0 Å². The monoisotopic (exact) mass is 1080 g/mol. The van der Waals surface area contributed by atoms with Crippen molar-refractivity contribution in [2.45, 2.75) is 63.2 Å². The molecule has 64 heavy (non-hydrogen) atoms. The van der Waals surface area contributed by atoms with Crippen LogP contribution in [-0.2, 0) is 26.5 Å². The Morgan fingerprint density at radius 1 is 0.719 bits per heavy atom. The van der Waals surface area contributed by atoms with E-state index in [4.69, 9.17) is 12.1 Å². The second-order valence-electron chi connectivity index (χ2n) is 17.4. The van der Waals surface area contributed by atoms with Gasteiger partial charge in [-0.05, 0) is 52.3 Å². The zero-order valence-corrected chi connectivity index (χ0v) is 41.5. The molecule has 4 aromatic heterocycles. The van der Waals surface area contributed by atoms with Gasteiger partial charge in [-0.25, -0.2) is 4.98 Å². The van der Waals surface area contributed by atoms with E-state index < -0.39 is 19.6 Å². The minimum atomic E-state index is -2.30. The third-order valence-corrected chi connectivity index (χ3v) is 15.5. The molecule has 0 atom stereocenters. The molecule has 0 bridgehead atoms. The first kappa shape index (κ1) is 41.9. The van der Waals surface area contributed by atoms with Crippen molar-refractivity contribution in [3.63, 3.8) is 0 Å². The predicted molar refractivity (Wildman–Crippen MR) is 260 cm³/mol. The summed E-state index contributed by atoms with van der Waals surface area (Å²) < 4.78 is 27.3. The minimum absolute atomic E-state index is 0. The van der Waals surface area contributed by atoms with Gasteiger partial charge in [0.25, 0.3) is 0 Å². The van der Waals surface area contributed by atoms with E-state index >= 15 is 0 Å². The van der Waals surface area contributed by atoms with E-state index in [-0.39, 0.29) is 31.9 Å². The first-order valence-electron chi connectivity index (χ1n) is 22.5. The van der Waals surface area contributed by atoms with Crippen LogP contribution >= 0.6 is 0 Å². The van der Waals surface area contributed by atoms with Crippen molar-refractivity contribution in [2.75, 3.05) is 0 Å². The molecule has 4 heterocycles. The second-order valence-corrected chi connectivity index (χ2v) is 28.0. The SMILES string of the molecule is CC(C)c1cc(-c2ccccc2)cc(C(C)C)c1-n1c(-c2[c-]ccc3c2oc2ccccc23)nc2ncnnc21.[2H]C([2H])(c1ccccc1)c1cc(-c2[c-]cccc2)nc[c]1[Ge]([CH3])([CH3])[CH3].[Ir]. The molecule has 0 fully saturated rings. The molecule has 10 aromatic rings. The maximum atomic E-state index is 8.85. The molecule has 10 rings (SSSR count). The van der Waals surface area contributed by atoms with Gasteiger partial charge < -0.3 is 8.98 Å². The Morgan fingerprint density at radius 2 is 1.41 bits per heavy atom. The van der Waals surface area contributed by atoms with Gasteiger partial charge in [0.2, 0.25) is 0 Å². The van der Waals surface area contributed by atoms with Crippen LogP contribution in [-0.4, -0.2) is 43.0 Å². The summed E-state index contributed by atoms with van der Waals surface area (Å²) in [5.41, 5.74) is 12.4. The number of para-hydroxylation sites is 1. The number of aromatic nitrogens is 6. The fourth-order valence-corrected chi connectivity index (χ4v) is 11.0. The molecule has 0 spiro atoms. The van der Waals surface area contributed by atoms with Gasteiger partial charge in [0.1, 0.15) is 11.9 Å². The van der Waals surface area contributed by atoms with E-state index in [0.29, 0.717) is 22.7 Å². The van der Waals surface area contributed by atoms with Crippen LogP contribution in [0.25, 0.3) is 72.7 Å². The van der Waals surface area contributed by atoms with Gasteiger partial charge in [0.05, 0.1) is 11.4 Å². The quantitative estimate of drug-likeness (QED) is 0.106. The van der Waals surface area contributed by atoms with Gasteiger partial charge in [-0.1, -0.05) is 87.2 Å². The third kappa shape index (κ3) is 9.00. The topological polar surface area (TPSA) is 82.5 Å². The normalized spacial score (nSPS) is 12.3. The van der Waals surface area contributed by atoms with Crippen molar-refractivity contribution in [3.05, 3.63) is 186 Å². The van der Waals surface area contributed by atoms with Crippen molar-refractivity contribution in [1.82, 2.24) is 29.7 Å². The number of imidazole rings is 1. The number of nitrogens with zero attached hydrogens (tertiary/aromatic N) is 6.